The Hall–Kier alpha value is -2.40. The van der Waals surface area contributed by atoms with Gasteiger partial charge in [0.05, 0.1) is 5.70 Å². The van der Waals surface area contributed by atoms with Crippen LogP contribution in [-0.4, -0.2) is 11.8 Å². The summed E-state index contributed by atoms with van der Waals surface area (Å²) in [7, 11) is 0. The Bertz CT molecular complexity index is 880. The van der Waals surface area contributed by atoms with E-state index in [1.54, 1.807) is 19.1 Å². The van der Waals surface area contributed by atoms with Gasteiger partial charge in [-0.3, -0.25) is 4.99 Å². The number of hydrogen-bond acceptors (Lipinski definition) is 2. The molecule has 0 saturated carbocycles. The molecule has 164 valence electrons. The first-order chi connectivity index (χ1) is 14.1. The summed E-state index contributed by atoms with van der Waals surface area (Å²) in [4.78, 5) is 4.62. The molecule has 0 aliphatic carbocycles. The maximum absolute atomic E-state index is 14.2. The van der Waals surface area contributed by atoms with Crippen LogP contribution in [0.1, 0.15) is 59.1 Å². The molecule has 0 aliphatic rings. The van der Waals surface area contributed by atoms with Gasteiger partial charge in [-0.2, -0.15) is 0 Å². The largest absolute Gasteiger partial charge is 0.323 e. The topological polar surface area (TPSA) is 38.4 Å². The van der Waals surface area contributed by atoms with Gasteiger partial charge in [0.1, 0.15) is 17.5 Å². The van der Waals surface area contributed by atoms with E-state index in [0.29, 0.717) is 24.3 Å². The lowest BCUT2D eigenvalue weighted by Gasteiger charge is -2.29. The average molecular weight is 419 g/mol. The van der Waals surface area contributed by atoms with Gasteiger partial charge in [0, 0.05) is 17.3 Å². The van der Waals surface area contributed by atoms with Crippen LogP contribution in [-0.2, 0) is 6.42 Å². The molecule has 0 aliphatic heterocycles. The van der Waals surface area contributed by atoms with Crippen molar-refractivity contribution < 1.29 is 13.2 Å². The molecule has 0 radical (unpaired) electrons. The highest BCUT2D eigenvalue weighted by atomic mass is 19.1. The Balaban J connectivity index is 0.00000218. The van der Waals surface area contributed by atoms with Crippen LogP contribution in [0.4, 0.5) is 13.2 Å². The number of nitrogens with two attached hydrogens (primary N) is 1. The quantitative estimate of drug-likeness (QED) is 0.507. The van der Waals surface area contributed by atoms with E-state index in [9.17, 15) is 13.2 Å². The number of hydrogen-bond donors (Lipinski definition) is 1. The van der Waals surface area contributed by atoms with Gasteiger partial charge in [-0.1, -0.05) is 52.8 Å². The van der Waals surface area contributed by atoms with E-state index >= 15 is 0 Å². The van der Waals surface area contributed by atoms with Crippen molar-refractivity contribution in [2.24, 2.45) is 16.1 Å². The van der Waals surface area contributed by atoms with Crippen LogP contribution in [0.3, 0.4) is 0 Å². The van der Waals surface area contributed by atoms with Crippen LogP contribution in [0.2, 0.25) is 0 Å². The zero-order valence-electron chi connectivity index (χ0n) is 18.8. The predicted octanol–water partition coefficient (Wildman–Crippen LogP) is 6.94. The van der Waals surface area contributed by atoms with Crippen molar-refractivity contribution in [3.8, 4) is 0 Å². The molecular formula is C25H33F3N2. The van der Waals surface area contributed by atoms with E-state index in [0.717, 1.165) is 23.8 Å². The Morgan fingerprint density at radius 1 is 1.03 bits per heavy atom. The van der Waals surface area contributed by atoms with Crippen LogP contribution < -0.4 is 5.73 Å². The lowest BCUT2D eigenvalue weighted by molar-refractivity contribution is 0.379. The first kappa shape index (κ1) is 25.6. The van der Waals surface area contributed by atoms with Crippen LogP contribution in [0.15, 0.2) is 53.5 Å². The molecular weight excluding hydrogens is 385 g/mol. The molecule has 2 aromatic carbocycles. The molecule has 30 heavy (non-hydrogen) atoms. The molecule has 0 heterocycles. The number of rotatable bonds is 6. The summed E-state index contributed by atoms with van der Waals surface area (Å²) in [6, 6.07) is 9.25. The predicted molar refractivity (Wildman–Crippen MR) is 121 cm³/mol. The zero-order valence-corrected chi connectivity index (χ0v) is 18.8. The fraction of sp³-hybridized carbons (Fsp3) is 0.400. The highest BCUT2D eigenvalue weighted by Gasteiger charge is 2.26. The molecule has 5 heteroatoms. The van der Waals surface area contributed by atoms with Gasteiger partial charge in [-0.15, -0.1) is 0 Å². The molecule has 0 saturated heterocycles. The molecule has 1 atom stereocenters. The second kappa shape index (κ2) is 11.7. The maximum Gasteiger partial charge on any atom is 0.132 e. The van der Waals surface area contributed by atoms with Crippen LogP contribution >= 0.6 is 0 Å². The van der Waals surface area contributed by atoms with Crippen molar-refractivity contribution in [2.45, 2.75) is 60.4 Å². The minimum absolute atomic E-state index is 0.0897. The SMILES string of the molecule is C/C=C(\N=C(CCc1cccc(F)c1)C(N)C(C)(C)C)c1cc(F)ccc1F.CC. The number of aliphatic imine (C=N–C) groups is 1. The van der Waals surface area contributed by atoms with Gasteiger partial charge in [0.15, 0.2) is 0 Å². The molecule has 0 amide bonds. The van der Waals surface area contributed by atoms with E-state index in [-0.39, 0.29) is 16.8 Å². The van der Waals surface area contributed by atoms with Gasteiger partial charge in [0.25, 0.3) is 0 Å². The number of allylic oxidation sites excluding steroid dienone is 1. The minimum atomic E-state index is -0.549. The second-order valence-electron chi connectivity index (χ2n) is 7.87. The summed E-state index contributed by atoms with van der Waals surface area (Å²) >= 11 is 0. The Morgan fingerprint density at radius 3 is 2.23 bits per heavy atom. The second-order valence-corrected chi connectivity index (χ2v) is 7.87. The van der Waals surface area contributed by atoms with Crippen LogP contribution in [0.5, 0.6) is 0 Å². The number of halogens is 3. The average Bonchev–Trinajstić information content (AvgIpc) is 2.71. The van der Waals surface area contributed by atoms with Crippen molar-refractivity contribution in [3.63, 3.8) is 0 Å². The lowest BCUT2D eigenvalue weighted by atomic mass is 9.82. The normalized spacial score (nSPS) is 13.5. The molecule has 2 N–H and O–H groups in total. The third-order valence-electron chi connectivity index (χ3n) is 4.59. The molecule has 2 aromatic rings. The number of aryl methyl sites for hydroxylation is 1. The fourth-order valence-electron chi connectivity index (χ4n) is 2.87. The standard InChI is InChI=1S/C23H27F3N2.C2H6/c1-5-20(18-14-17(25)10-11-19(18)26)28-21(22(27)23(2,3)4)12-9-15-7-6-8-16(24)13-15;1-2/h5-8,10-11,13-14,22H,9,12,27H2,1-4H3;1-2H3/b20-5-,28-21?;. The van der Waals surface area contributed by atoms with Crippen LogP contribution in [0, 0.1) is 22.9 Å². The highest BCUT2D eigenvalue weighted by molar-refractivity contribution is 5.94. The first-order valence-electron chi connectivity index (χ1n) is 10.3. The van der Waals surface area contributed by atoms with E-state index in [1.807, 2.05) is 40.7 Å². The molecule has 0 bridgehead atoms. The Kier molecular flexibility index (Phi) is 10.00. The first-order valence-corrected chi connectivity index (χ1v) is 10.3. The fourth-order valence-corrected chi connectivity index (χ4v) is 2.87. The summed E-state index contributed by atoms with van der Waals surface area (Å²) in [5.41, 5.74) is 8.06. The minimum Gasteiger partial charge on any atom is -0.323 e. The monoisotopic (exact) mass is 418 g/mol. The van der Waals surface area contributed by atoms with E-state index < -0.39 is 17.7 Å². The van der Waals surface area contributed by atoms with E-state index in [4.69, 9.17) is 5.73 Å². The van der Waals surface area contributed by atoms with Crippen molar-refractivity contribution in [1.82, 2.24) is 0 Å². The van der Waals surface area contributed by atoms with E-state index in [1.165, 1.54) is 12.1 Å². The molecule has 2 nitrogen and oxygen atoms in total. The van der Waals surface area contributed by atoms with E-state index in [2.05, 4.69) is 4.99 Å². The van der Waals surface area contributed by atoms with Gasteiger partial charge in [-0.25, -0.2) is 13.2 Å². The van der Waals surface area contributed by atoms with Gasteiger partial charge < -0.3 is 5.73 Å². The Labute approximate surface area is 178 Å². The molecule has 0 aromatic heterocycles. The maximum atomic E-state index is 14.2. The zero-order chi connectivity index (χ0) is 22.9. The molecule has 2 rings (SSSR count). The van der Waals surface area contributed by atoms with Gasteiger partial charge in [-0.05, 0) is 61.1 Å². The summed E-state index contributed by atoms with van der Waals surface area (Å²) in [6.07, 6.45) is 2.66. The summed E-state index contributed by atoms with van der Waals surface area (Å²) < 4.78 is 41.3. The van der Waals surface area contributed by atoms with Gasteiger partial charge in [0.2, 0.25) is 0 Å². The molecule has 0 fully saturated rings. The van der Waals surface area contributed by atoms with Crippen molar-refractivity contribution in [1.29, 1.82) is 0 Å². The lowest BCUT2D eigenvalue weighted by Crippen LogP contribution is -2.42. The third-order valence-corrected chi connectivity index (χ3v) is 4.59. The third kappa shape index (κ3) is 7.45. The smallest absolute Gasteiger partial charge is 0.132 e. The number of benzene rings is 2. The van der Waals surface area contributed by atoms with Gasteiger partial charge >= 0.3 is 0 Å². The molecule has 0 spiro atoms. The summed E-state index contributed by atoms with van der Waals surface area (Å²) in [6.45, 7) is 11.7. The Morgan fingerprint density at radius 2 is 1.67 bits per heavy atom. The number of nitrogens with zero attached hydrogens (tertiary/aromatic N) is 1. The van der Waals surface area contributed by atoms with Crippen molar-refractivity contribution in [3.05, 3.63) is 77.1 Å². The van der Waals surface area contributed by atoms with Crippen molar-refractivity contribution >= 4 is 11.4 Å². The van der Waals surface area contributed by atoms with Crippen molar-refractivity contribution in [2.75, 3.05) is 0 Å². The molecule has 1 unspecified atom stereocenters. The summed E-state index contributed by atoms with van der Waals surface area (Å²) in [5.74, 6) is -1.38. The van der Waals surface area contributed by atoms with Crippen LogP contribution in [0.25, 0.3) is 5.70 Å². The highest BCUT2D eigenvalue weighted by Crippen LogP contribution is 2.26. The summed E-state index contributed by atoms with van der Waals surface area (Å²) in [5, 5.41) is 0.